The van der Waals surface area contributed by atoms with Gasteiger partial charge in [-0.05, 0) is 24.7 Å². The van der Waals surface area contributed by atoms with Crippen LogP contribution in [0.5, 0.6) is 0 Å². The van der Waals surface area contributed by atoms with Gasteiger partial charge in [-0.1, -0.05) is 37.3 Å². The van der Waals surface area contributed by atoms with E-state index in [0.29, 0.717) is 12.8 Å². The van der Waals surface area contributed by atoms with Gasteiger partial charge in [0.25, 0.3) is 0 Å². The van der Waals surface area contributed by atoms with Crippen molar-refractivity contribution < 1.29 is 10.0 Å². The van der Waals surface area contributed by atoms with Crippen molar-refractivity contribution in [2.45, 2.75) is 31.5 Å². The molecule has 1 aromatic rings. The van der Waals surface area contributed by atoms with Crippen LogP contribution in [0, 0.1) is 11.3 Å². The van der Waals surface area contributed by atoms with Crippen molar-refractivity contribution >= 4 is 7.12 Å². The highest BCUT2D eigenvalue weighted by Gasteiger charge is 2.31. The van der Waals surface area contributed by atoms with E-state index in [-0.39, 0.29) is 6.32 Å². The first-order valence-corrected chi connectivity index (χ1v) is 5.47. The van der Waals surface area contributed by atoms with Crippen molar-refractivity contribution in [2.75, 3.05) is 0 Å². The molecule has 0 fully saturated rings. The lowest BCUT2D eigenvalue weighted by molar-refractivity contribution is 0.390. The molecule has 0 heterocycles. The zero-order chi connectivity index (χ0) is 12.0. The predicted octanol–water partition coefficient (Wildman–Crippen LogP) is 1.72. The second-order valence-electron chi connectivity index (χ2n) is 3.93. The van der Waals surface area contributed by atoms with E-state index < -0.39 is 12.5 Å². The Balaban J connectivity index is 2.93. The van der Waals surface area contributed by atoms with E-state index in [1.54, 1.807) is 0 Å². The maximum atomic E-state index is 9.33. The molecule has 4 heteroatoms. The highest BCUT2D eigenvalue weighted by atomic mass is 16.4. The molecule has 0 spiro atoms. The summed E-state index contributed by atoms with van der Waals surface area (Å²) in [6.07, 6.45) is 1.35. The normalized spacial score (nSPS) is 13.9. The van der Waals surface area contributed by atoms with Crippen LogP contribution in [0.15, 0.2) is 30.3 Å². The Bertz CT molecular complexity index is 361. The average molecular weight is 217 g/mol. The summed E-state index contributed by atoms with van der Waals surface area (Å²) >= 11 is 0. The zero-order valence-electron chi connectivity index (χ0n) is 9.43. The van der Waals surface area contributed by atoms with Crippen LogP contribution in [0.1, 0.15) is 25.3 Å². The molecule has 0 aliphatic carbocycles. The lowest BCUT2D eigenvalue weighted by Gasteiger charge is -2.25. The molecule has 0 saturated carbocycles. The third kappa shape index (κ3) is 2.85. The fraction of sp³-hybridized carbons (Fsp3) is 0.417. The average Bonchev–Trinajstić information content (AvgIpc) is 2.32. The summed E-state index contributed by atoms with van der Waals surface area (Å²) in [5.41, 5.74) is 0.339. The Morgan fingerprint density at radius 2 is 1.94 bits per heavy atom. The number of hydrogen-bond donors (Lipinski definition) is 2. The molecule has 0 saturated heterocycles. The Morgan fingerprint density at radius 1 is 1.31 bits per heavy atom. The van der Waals surface area contributed by atoms with Crippen molar-refractivity contribution in [2.24, 2.45) is 0 Å². The summed E-state index contributed by atoms with van der Waals surface area (Å²) in [6, 6.07) is 11.8. The van der Waals surface area contributed by atoms with Crippen molar-refractivity contribution in [3.63, 3.8) is 0 Å². The molecule has 1 rings (SSSR count). The Labute approximate surface area is 96.5 Å². The van der Waals surface area contributed by atoms with Crippen LogP contribution >= 0.6 is 0 Å². The highest BCUT2D eigenvalue weighted by molar-refractivity contribution is 6.40. The molecule has 1 atom stereocenters. The second-order valence-corrected chi connectivity index (χ2v) is 3.93. The Morgan fingerprint density at radius 3 is 2.38 bits per heavy atom. The number of nitrogens with zero attached hydrogens (tertiary/aromatic N) is 1. The zero-order valence-corrected chi connectivity index (χ0v) is 9.43. The summed E-state index contributed by atoms with van der Waals surface area (Å²) in [5, 5.41) is 27.1. The van der Waals surface area contributed by atoms with Crippen LogP contribution in [0.3, 0.4) is 0 Å². The van der Waals surface area contributed by atoms with Crippen molar-refractivity contribution in [1.82, 2.24) is 0 Å². The van der Waals surface area contributed by atoms with E-state index in [4.69, 9.17) is 10.0 Å². The van der Waals surface area contributed by atoms with Crippen LogP contribution < -0.4 is 0 Å². The van der Waals surface area contributed by atoms with E-state index in [9.17, 15) is 5.26 Å². The van der Waals surface area contributed by atoms with E-state index in [1.807, 2.05) is 37.3 Å². The molecule has 1 aromatic carbocycles. The highest BCUT2D eigenvalue weighted by Crippen LogP contribution is 2.32. The van der Waals surface area contributed by atoms with Crippen molar-refractivity contribution in [3.05, 3.63) is 35.9 Å². The summed E-state index contributed by atoms with van der Waals surface area (Å²) in [4.78, 5) is 0. The van der Waals surface area contributed by atoms with Crippen LogP contribution in [0.4, 0.5) is 0 Å². The first-order chi connectivity index (χ1) is 7.64. The number of hydrogen-bond acceptors (Lipinski definition) is 3. The van der Waals surface area contributed by atoms with Gasteiger partial charge >= 0.3 is 7.12 Å². The SMILES string of the molecule is CCC(C#N)(CCB(O)O)c1ccccc1. The molecule has 1 unspecified atom stereocenters. The van der Waals surface area contributed by atoms with Gasteiger partial charge in [0.1, 0.15) is 0 Å². The summed E-state index contributed by atoms with van der Waals surface area (Å²) < 4.78 is 0. The van der Waals surface area contributed by atoms with Crippen molar-refractivity contribution in [1.29, 1.82) is 5.26 Å². The van der Waals surface area contributed by atoms with Gasteiger partial charge in [0.05, 0.1) is 11.5 Å². The standard InChI is InChI=1S/C12H16BNO2/c1-2-12(10-14,8-9-13(15)16)11-6-4-3-5-7-11/h3-7,15-16H,2,8-9H2,1H3. The summed E-state index contributed by atoms with van der Waals surface area (Å²) in [7, 11) is -1.34. The first kappa shape index (κ1) is 12.8. The largest absolute Gasteiger partial charge is 0.451 e. The number of benzene rings is 1. The van der Waals surface area contributed by atoms with E-state index in [0.717, 1.165) is 5.56 Å². The fourth-order valence-electron chi connectivity index (χ4n) is 1.86. The molecule has 0 radical (unpaired) electrons. The molecular weight excluding hydrogens is 201 g/mol. The summed E-state index contributed by atoms with van der Waals surface area (Å²) in [6.45, 7) is 1.94. The van der Waals surface area contributed by atoms with E-state index in [1.165, 1.54) is 0 Å². The van der Waals surface area contributed by atoms with Gasteiger partial charge in [0.2, 0.25) is 0 Å². The monoisotopic (exact) mass is 217 g/mol. The quantitative estimate of drug-likeness (QED) is 0.738. The lowest BCUT2D eigenvalue weighted by atomic mass is 9.70. The maximum Gasteiger partial charge on any atom is 0.451 e. The molecule has 0 amide bonds. The minimum Gasteiger partial charge on any atom is -0.427 e. The van der Waals surface area contributed by atoms with Gasteiger partial charge in [-0.2, -0.15) is 5.26 Å². The fourth-order valence-corrected chi connectivity index (χ4v) is 1.86. The molecule has 16 heavy (non-hydrogen) atoms. The van der Waals surface area contributed by atoms with Gasteiger partial charge in [-0.3, -0.25) is 0 Å². The third-order valence-electron chi connectivity index (χ3n) is 2.97. The maximum absolute atomic E-state index is 9.33. The van der Waals surface area contributed by atoms with Gasteiger partial charge in [0.15, 0.2) is 0 Å². The van der Waals surface area contributed by atoms with Crippen LogP contribution in [0.25, 0.3) is 0 Å². The Hall–Kier alpha value is -1.31. The molecule has 0 aliphatic heterocycles. The van der Waals surface area contributed by atoms with Crippen LogP contribution in [-0.2, 0) is 5.41 Å². The summed E-state index contributed by atoms with van der Waals surface area (Å²) in [5.74, 6) is 0. The topological polar surface area (TPSA) is 64.2 Å². The molecule has 3 nitrogen and oxygen atoms in total. The molecule has 0 aliphatic rings. The third-order valence-corrected chi connectivity index (χ3v) is 2.97. The molecule has 84 valence electrons. The second kappa shape index (κ2) is 5.69. The van der Waals surface area contributed by atoms with Gasteiger partial charge in [-0.15, -0.1) is 0 Å². The number of nitriles is 1. The molecular formula is C12H16BNO2. The van der Waals surface area contributed by atoms with Gasteiger partial charge < -0.3 is 10.0 Å². The van der Waals surface area contributed by atoms with Crippen molar-refractivity contribution in [3.8, 4) is 6.07 Å². The minimum atomic E-state index is -1.34. The van der Waals surface area contributed by atoms with E-state index in [2.05, 4.69) is 6.07 Å². The first-order valence-electron chi connectivity index (χ1n) is 5.47. The lowest BCUT2D eigenvalue weighted by Crippen LogP contribution is -2.26. The van der Waals surface area contributed by atoms with E-state index >= 15 is 0 Å². The van der Waals surface area contributed by atoms with Crippen LogP contribution in [0.2, 0.25) is 6.32 Å². The molecule has 0 bridgehead atoms. The van der Waals surface area contributed by atoms with Gasteiger partial charge in [-0.25, -0.2) is 0 Å². The number of rotatable bonds is 5. The Kier molecular flexibility index (Phi) is 4.54. The van der Waals surface area contributed by atoms with Gasteiger partial charge in [0, 0.05) is 0 Å². The predicted molar refractivity (Wildman–Crippen MR) is 63.6 cm³/mol. The smallest absolute Gasteiger partial charge is 0.427 e. The molecule has 0 aromatic heterocycles. The molecule has 2 N–H and O–H groups in total. The van der Waals surface area contributed by atoms with Crippen LogP contribution in [-0.4, -0.2) is 17.2 Å². The minimum absolute atomic E-state index is 0.219.